The maximum atomic E-state index is 10.7. The number of carboxylic acid groups (broad SMARTS) is 2. The van der Waals surface area contributed by atoms with Crippen LogP contribution in [0.1, 0.15) is 38.5 Å². The van der Waals surface area contributed by atoms with Gasteiger partial charge in [0, 0.05) is 6.54 Å². The van der Waals surface area contributed by atoms with E-state index < -0.39 is 24.0 Å². The summed E-state index contributed by atoms with van der Waals surface area (Å²) in [6.07, 6.45) is 5.89. The van der Waals surface area contributed by atoms with Gasteiger partial charge in [0.2, 0.25) is 0 Å². The topological polar surface area (TPSA) is 171 Å². The molecule has 0 fully saturated rings. The standard InChI is InChI=1S/C18H28N6O4/c19-12(16(25)26)6-1-3-9-21-18-22-14-8-5-11-24(15(14)23-18)10-4-2-7-13(20)17(27)28/h5,8,11-13H,1-4,6-7,9-10,19-20H2,(H3,21,22,25,26,27,28)/p+1/t12-,13-/m0/s1. The molecule has 2 aromatic rings. The zero-order valence-corrected chi connectivity index (χ0v) is 15.8. The van der Waals surface area contributed by atoms with E-state index in [4.69, 9.17) is 21.7 Å². The van der Waals surface area contributed by atoms with E-state index in [0.717, 1.165) is 43.4 Å². The number of aryl methyl sites for hydroxylation is 1. The number of carbonyl (C=O) groups is 2. The van der Waals surface area contributed by atoms with Gasteiger partial charge >= 0.3 is 23.5 Å². The van der Waals surface area contributed by atoms with Crippen LogP contribution >= 0.6 is 0 Å². The molecule has 2 atom stereocenters. The van der Waals surface area contributed by atoms with Gasteiger partial charge in [0.15, 0.2) is 0 Å². The van der Waals surface area contributed by atoms with E-state index in [1.165, 1.54) is 0 Å². The molecule has 0 saturated carbocycles. The average Bonchev–Trinajstić information content (AvgIpc) is 3.08. The average molecular weight is 393 g/mol. The number of anilines is 1. The molecule has 2 rings (SSSR count). The number of nitrogens with two attached hydrogens (primary N) is 2. The van der Waals surface area contributed by atoms with Crippen molar-refractivity contribution < 1.29 is 24.4 Å². The van der Waals surface area contributed by atoms with Gasteiger partial charge in [-0.15, -0.1) is 0 Å². The summed E-state index contributed by atoms with van der Waals surface area (Å²) in [4.78, 5) is 29.2. The summed E-state index contributed by atoms with van der Waals surface area (Å²) in [5.74, 6) is -1.28. The molecule has 10 nitrogen and oxygen atoms in total. The lowest BCUT2D eigenvalue weighted by atomic mass is 10.1. The molecule has 0 saturated heterocycles. The van der Waals surface area contributed by atoms with E-state index >= 15 is 0 Å². The fourth-order valence-electron chi connectivity index (χ4n) is 2.88. The van der Waals surface area contributed by atoms with Crippen molar-refractivity contribution in [3.63, 3.8) is 0 Å². The molecule has 0 amide bonds. The minimum atomic E-state index is -0.972. The number of hydrogen-bond donors (Lipinski definition) is 6. The Labute approximate surface area is 162 Å². The van der Waals surface area contributed by atoms with Crippen LogP contribution in [0.4, 0.5) is 5.95 Å². The summed E-state index contributed by atoms with van der Waals surface area (Å²) in [6, 6.07) is 2.25. The van der Waals surface area contributed by atoms with Crippen LogP contribution in [0.15, 0.2) is 18.3 Å². The van der Waals surface area contributed by atoms with Gasteiger partial charge in [0.1, 0.15) is 17.6 Å². The third-order valence-corrected chi connectivity index (χ3v) is 4.55. The number of fused-ring (bicyclic) bond motifs is 1. The number of imidazole rings is 1. The van der Waals surface area contributed by atoms with Crippen molar-refractivity contribution in [1.82, 2.24) is 9.97 Å². The second kappa shape index (κ2) is 10.6. The van der Waals surface area contributed by atoms with E-state index in [9.17, 15) is 9.59 Å². The minimum absolute atomic E-state index is 0.447. The number of aromatic amines is 1. The molecular weight excluding hydrogens is 364 g/mol. The zero-order chi connectivity index (χ0) is 20.5. The lowest BCUT2D eigenvalue weighted by Gasteiger charge is -2.05. The van der Waals surface area contributed by atoms with Crippen LogP contribution in [-0.2, 0) is 16.1 Å². The molecule has 0 unspecified atom stereocenters. The third-order valence-electron chi connectivity index (χ3n) is 4.55. The minimum Gasteiger partial charge on any atom is -0.480 e. The maximum absolute atomic E-state index is 10.7. The summed E-state index contributed by atoms with van der Waals surface area (Å²) in [5, 5.41) is 20.8. The number of H-pyrrole nitrogens is 1. The molecule has 0 bridgehead atoms. The third kappa shape index (κ3) is 6.46. The van der Waals surface area contributed by atoms with Crippen molar-refractivity contribution in [3.8, 4) is 0 Å². The van der Waals surface area contributed by atoms with Crippen molar-refractivity contribution in [2.75, 3.05) is 11.9 Å². The first-order valence-corrected chi connectivity index (χ1v) is 9.47. The number of nitrogens with zero attached hydrogens (tertiary/aromatic N) is 2. The van der Waals surface area contributed by atoms with Gasteiger partial charge in [-0.1, -0.05) is 0 Å². The van der Waals surface area contributed by atoms with E-state index in [2.05, 4.69) is 15.3 Å². The van der Waals surface area contributed by atoms with Crippen molar-refractivity contribution in [3.05, 3.63) is 18.3 Å². The lowest BCUT2D eigenvalue weighted by molar-refractivity contribution is -0.673. The zero-order valence-electron chi connectivity index (χ0n) is 15.8. The normalized spacial score (nSPS) is 13.4. The first kappa shape index (κ1) is 21.6. The first-order chi connectivity index (χ1) is 13.4. The molecule has 0 aliphatic heterocycles. The van der Waals surface area contributed by atoms with Crippen LogP contribution < -0.4 is 21.4 Å². The van der Waals surface area contributed by atoms with Crippen LogP contribution in [-0.4, -0.2) is 50.7 Å². The predicted molar refractivity (Wildman–Crippen MR) is 104 cm³/mol. The van der Waals surface area contributed by atoms with Crippen LogP contribution in [0.3, 0.4) is 0 Å². The van der Waals surface area contributed by atoms with E-state index in [0.29, 0.717) is 25.3 Å². The van der Waals surface area contributed by atoms with Crippen LogP contribution in [0.5, 0.6) is 0 Å². The fourth-order valence-corrected chi connectivity index (χ4v) is 2.88. The van der Waals surface area contributed by atoms with E-state index in [-0.39, 0.29) is 0 Å². The Balaban J connectivity index is 1.81. The molecule has 0 aliphatic carbocycles. The summed E-state index contributed by atoms with van der Waals surface area (Å²) >= 11 is 0. The fraction of sp³-hybridized carbons (Fsp3) is 0.556. The molecule has 28 heavy (non-hydrogen) atoms. The molecule has 0 aliphatic rings. The number of rotatable bonds is 13. The molecule has 10 heteroatoms. The molecule has 0 spiro atoms. The molecule has 0 aromatic carbocycles. The van der Waals surface area contributed by atoms with Gasteiger partial charge in [-0.2, -0.15) is 0 Å². The quantitative estimate of drug-likeness (QED) is 0.210. The predicted octanol–water partition coefficient (Wildman–Crippen LogP) is 0.427. The highest BCUT2D eigenvalue weighted by atomic mass is 16.4. The Morgan fingerprint density at radius 3 is 2.39 bits per heavy atom. The second-order valence-electron chi connectivity index (χ2n) is 6.83. The molecule has 2 aromatic heterocycles. The van der Waals surface area contributed by atoms with Crippen molar-refractivity contribution in [2.45, 2.75) is 57.2 Å². The highest BCUT2D eigenvalue weighted by Gasteiger charge is 2.16. The number of hydrogen-bond acceptors (Lipinski definition) is 6. The number of aromatic nitrogens is 3. The van der Waals surface area contributed by atoms with Gasteiger partial charge in [0.05, 0.1) is 12.7 Å². The van der Waals surface area contributed by atoms with Gasteiger partial charge in [0.25, 0.3) is 0 Å². The number of unbranched alkanes of at least 4 members (excludes halogenated alkanes) is 2. The Hall–Kier alpha value is -2.72. The highest BCUT2D eigenvalue weighted by molar-refractivity contribution is 5.73. The van der Waals surface area contributed by atoms with Crippen molar-refractivity contribution in [2.24, 2.45) is 11.5 Å². The maximum Gasteiger partial charge on any atom is 0.351 e. The van der Waals surface area contributed by atoms with Crippen molar-refractivity contribution in [1.29, 1.82) is 0 Å². The summed E-state index contributed by atoms with van der Waals surface area (Å²) in [5.41, 5.74) is 12.7. The van der Waals surface area contributed by atoms with Crippen molar-refractivity contribution >= 4 is 29.1 Å². The lowest BCUT2D eigenvalue weighted by Crippen LogP contribution is -2.35. The van der Waals surface area contributed by atoms with Gasteiger partial charge in [-0.25, -0.2) is 4.57 Å². The largest absolute Gasteiger partial charge is 0.480 e. The number of pyridine rings is 1. The van der Waals surface area contributed by atoms with Gasteiger partial charge in [-0.05, 0) is 55.6 Å². The summed E-state index contributed by atoms with van der Waals surface area (Å²) in [6.45, 7) is 1.39. The highest BCUT2D eigenvalue weighted by Crippen LogP contribution is 2.11. The summed E-state index contributed by atoms with van der Waals surface area (Å²) < 4.78 is 2.02. The molecular formula is C18H29N6O4+. The summed E-state index contributed by atoms with van der Waals surface area (Å²) in [7, 11) is 0. The van der Waals surface area contributed by atoms with Crippen LogP contribution in [0.2, 0.25) is 0 Å². The SMILES string of the molecule is N[C@@H](CCCCNc1nc2c(ccc[n+]2CCCC[C@H](N)C(=O)O)[nH]1)C(=O)O. The van der Waals surface area contributed by atoms with E-state index in [1.54, 1.807) is 0 Å². The van der Waals surface area contributed by atoms with Crippen LogP contribution in [0.25, 0.3) is 11.2 Å². The Morgan fingerprint density at radius 2 is 1.75 bits per heavy atom. The number of aliphatic carboxylic acids is 2. The second-order valence-corrected chi connectivity index (χ2v) is 6.83. The number of nitrogens with one attached hydrogen (secondary N) is 2. The van der Waals surface area contributed by atoms with E-state index in [1.807, 2.05) is 22.9 Å². The molecule has 2 heterocycles. The van der Waals surface area contributed by atoms with Gasteiger partial charge in [-0.3, -0.25) is 14.6 Å². The Kier molecular flexibility index (Phi) is 8.15. The Morgan fingerprint density at radius 1 is 1.11 bits per heavy atom. The monoisotopic (exact) mass is 393 g/mol. The molecule has 154 valence electrons. The molecule has 0 radical (unpaired) electrons. The molecule has 8 N–H and O–H groups in total. The Bertz CT molecular complexity index is 793. The van der Waals surface area contributed by atoms with Gasteiger partial charge < -0.3 is 27.0 Å². The first-order valence-electron chi connectivity index (χ1n) is 9.47. The smallest absolute Gasteiger partial charge is 0.351 e. The van der Waals surface area contributed by atoms with Crippen LogP contribution in [0, 0.1) is 0 Å². The number of carboxylic acids is 2.